The first kappa shape index (κ1) is 22.3. The van der Waals surface area contributed by atoms with Gasteiger partial charge in [-0.15, -0.1) is 11.6 Å². The molecule has 3 aromatic heterocycles. The first-order chi connectivity index (χ1) is 16.3. The molecule has 5 nitrogen and oxygen atoms in total. The molecule has 170 valence electrons. The van der Waals surface area contributed by atoms with Crippen molar-refractivity contribution in [3.8, 4) is 11.1 Å². The van der Waals surface area contributed by atoms with Crippen molar-refractivity contribution < 1.29 is 4.39 Å². The molecule has 0 radical (unpaired) electrons. The van der Waals surface area contributed by atoms with Gasteiger partial charge in [-0.25, -0.2) is 14.4 Å². The van der Waals surface area contributed by atoms with E-state index in [4.69, 9.17) is 23.2 Å². The number of aryl methyl sites for hydroxylation is 2. The zero-order valence-electron chi connectivity index (χ0n) is 18.3. The molecule has 0 saturated carbocycles. The van der Waals surface area contributed by atoms with E-state index < -0.39 is 10.7 Å². The molecule has 5 rings (SSSR count). The van der Waals surface area contributed by atoms with Gasteiger partial charge in [0.05, 0.1) is 18.2 Å². The normalized spacial score (nSPS) is 13.2. The number of fused-ring (bicyclic) bond motifs is 1. The van der Waals surface area contributed by atoms with Crippen molar-refractivity contribution in [2.75, 3.05) is 0 Å². The number of imidazole rings is 1. The lowest BCUT2D eigenvalue weighted by Gasteiger charge is -2.29. The van der Waals surface area contributed by atoms with Crippen LogP contribution in [0.2, 0.25) is 5.02 Å². The third-order valence-corrected chi connectivity index (χ3v) is 6.90. The molecule has 0 spiro atoms. The van der Waals surface area contributed by atoms with E-state index in [-0.39, 0.29) is 5.56 Å². The van der Waals surface area contributed by atoms with Crippen molar-refractivity contribution in [1.82, 2.24) is 19.1 Å². The van der Waals surface area contributed by atoms with E-state index in [1.807, 2.05) is 29.8 Å². The summed E-state index contributed by atoms with van der Waals surface area (Å²) < 4.78 is 17.4. The topological polar surface area (TPSA) is 52.7 Å². The number of halogens is 3. The highest BCUT2D eigenvalue weighted by Gasteiger charge is 2.37. The Morgan fingerprint density at radius 3 is 2.41 bits per heavy atom. The average molecular weight is 493 g/mol. The van der Waals surface area contributed by atoms with Crippen molar-refractivity contribution in [3.63, 3.8) is 0 Å². The van der Waals surface area contributed by atoms with Gasteiger partial charge in [0.2, 0.25) is 0 Å². The van der Waals surface area contributed by atoms with Crippen LogP contribution in [0.4, 0.5) is 4.39 Å². The summed E-state index contributed by atoms with van der Waals surface area (Å²) in [6.07, 6.45) is 5.05. The SMILES string of the molecule is Cn1cncc1C(Cl)(c1ccc(Cl)cc1)c1cnc2c(c1)c(-c1cccc(F)c1)cc(=O)n2C. The van der Waals surface area contributed by atoms with Crippen LogP contribution in [0, 0.1) is 5.82 Å². The lowest BCUT2D eigenvalue weighted by Crippen LogP contribution is -2.26. The van der Waals surface area contributed by atoms with Crippen molar-refractivity contribution in [1.29, 1.82) is 0 Å². The summed E-state index contributed by atoms with van der Waals surface area (Å²) in [7, 11) is 3.52. The maximum absolute atomic E-state index is 14.0. The molecule has 3 heterocycles. The van der Waals surface area contributed by atoms with Gasteiger partial charge in [-0.1, -0.05) is 35.9 Å². The maximum Gasteiger partial charge on any atom is 0.252 e. The quantitative estimate of drug-likeness (QED) is 0.304. The summed E-state index contributed by atoms with van der Waals surface area (Å²) in [6.45, 7) is 0. The number of hydrogen-bond acceptors (Lipinski definition) is 3. The summed E-state index contributed by atoms with van der Waals surface area (Å²) in [5.41, 5.74) is 3.56. The van der Waals surface area contributed by atoms with Crippen LogP contribution in [0.25, 0.3) is 22.2 Å². The highest BCUT2D eigenvalue weighted by molar-refractivity contribution is 6.31. The second kappa shape index (κ2) is 8.38. The van der Waals surface area contributed by atoms with Gasteiger partial charge >= 0.3 is 0 Å². The number of benzene rings is 2. The van der Waals surface area contributed by atoms with Gasteiger partial charge in [0, 0.05) is 42.3 Å². The molecular formula is C26H19Cl2FN4O. The third-order valence-electron chi connectivity index (χ3n) is 6.02. The molecular weight excluding hydrogens is 474 g/mol. The second-order valence-corrected chi connectivity index (χ2v) is 9.12. The summed E-state index contributed by atoms with van der Waals surface area (Å²) in [4.78, 5) is 20.4. The molecule has 0 aliphatic heterocycles. The Balaban J connectivity index is 1.84. The molecule has 1 unspecified atom stereocenters. The smallest absolute Gasteiger partial charge is 0.252 e. The lowest BCUT2D eigenvalue weighted by molar-refractivity contribution is 0.628. The number of nitrogens with zero attached hydrogens (tertiary/aromatic N) is 4. The molecule has 34 heavy (non-hydrogen) atoms. The van der Waals surface area contributed by atoms with Gasteiger partial charge in [-0.05, 0) is 47.0 Å². The fourth-order valence-electron chi connectivity index (χ4n) is 4.24. The first-order valence-corrected chi connectivity index (χ1v) is 11.2. The second-order valence-electron chi connectivity index (χ2n) is 8.12. The molecule has 5 aromatic rings. The predicted molar refractivity (Wildman–Crippen MR) is 133 cm³/mol. The van der Waals surface area contributed by atoms with Crippen molar-refractivity contribution in [3.05, 3.63) is 117 Å². The Morgan fingerprint density at radius 1 is 0.971 bits per heavy atom. The van der Waals surface area contributed by atoms with E-state index in [1.54, 1.807) is 50.0 Å². The molecule has 0 aliphatic carbocycles. The summed E-state index contributed by atoms with van der Waals surface area (Å²) in [6, 6.07) is 16.8. The Labute approximate surface area is 205 Å². The fraction of sp³-hybridized carbons (Fsp3) is 0.115. The molecule has 0 fully saturated rings. The Kier molecular flexibility index (Phi) is 5.50. The molecule has 0 amide bonds. The third kappa shape index (κ3) is 3.59. The monoisotopic (exact) mass is 492 g/mol. The van der Waals surface area contributed by atoms with Crippen LogP contribution < -0.4 is 5.56 Å². The Bertz CT molecular complexity index is 1590. The number of hydrogen-bond donors (Lipinski definition) is 0. The van der Waals surface area contributed by atoms with Crippen LogP contribution in [0.3, 0.4) is 0 Å². The van der Waals surface area contributed by atoms with Crippen LogP contribution in [-0.4, -0.2) is 19.1 Å². The van der Waals surface area contributed by atoms with E-state index >= 15 is 0 Å². The Hall–Kier alpha value is -3.48. The zero-order valence-corrected chi connectivity index (χ0v) is 19.8. The molecule has 1 atom stereocenters. The molecule has 2 aromatic carbocycles. The number of alkyl halides is 1. The van der Waals surface area contributed by atoms with E-state index in [0.29, 0.717) is 32.7 Å². The predicted octanol–water partition coefficient (Wildman–Crippen LogP) is 5.66. The van der Waals surface area contributed by atoms with Gasteiger partial charge < -0.3 is 4.57 Å². The fourth-order valence-corrected chi connectivity index (χ4v) is 4.78. The number of rotatable bonds is 4. The van der Waals surface area contributed by atoms with Crippen LogP contribution >= 0.6 is 23.2 Å². The zero-order chi connectivity index (χ0) is 24.0. The van der Waals surface area contributed by atoms with Crippen molar-refractivity contribution in [2.24, 2.45) is 14.1 Å². The summed E-state index contributed by atoms with van der Waals surface area (Å²) >= 11 is 13.6. The molecule has 0 aliphatic rings. The van der Waals surface area contributed by atoms with Gasteiger partial charge in [0.25, 0.3) is 5.56 Å². The minimum Gasteiger partial charge on any atom is -0.336 e. The average Bonchev–Trinajstić information content (AvgIpc) is 3.27. The van der Waals surface area contributed by atoms with Crippen LogP contribution in [0.5, 0.6) is 0 Å². The molecule has 8 heteroatoms. The molecule has 0 N–H and O–H groups in total. The van der Waals surface area contributed by atoms with Crippen molar-refractivity contribution >= 4 is 34.2 Å². The lowest BCUT2D eigenvalue weighted by atomic mass is 9.87. The van der Waals surface area contributed by atoms with E-state index in [9.17, 15) is 9.18 Å². The van der Waals surface area contributed by atoms with Crippen LogP contribution in [0.15, 0.2) is 84.2 Å². The standard InChI is InChI=1S/C26H19Cl2FN4O/c1-32-15-30-14-23(32)26(28,17-6-8-19(27)9-7-17)18-11-22-21(16-4-3-5-20(29)10-16)12-24(34)33(2)25(22)31-13-18/h3-15H,1-2H3. The number of aromatic nitrogens is 4. The highest BCUT2D eigenvalue weighted by Crippen LogP contribution is 2.44. The van der Waals surface area contributed by atoms with E-state index in [2.05, 4.69) is 9.97 Å². The first-order valence-electron chi connectivity index (χ1n) is 10.5. The van der Waals surface area contributed by atoms with E-state index in [1.165, 1.54) is 22.8 Å². The van der Waals surface area contributed by atoms with Gasteiger partial charge in [0.1, 0.15) is 16.3 Å². The molecule has 0 bridgehead atoms. The highest BCUT2D eigenvalue weighted by atomic mass is 35.5. The van der Waals surface area contributed by atoms with E-state index in [0.717, 1.165) is 11.3 Å². The minimum absolute atomic E-state index is 0.242. The summed E-state index contributed by atoms with van der Waals surface area (Å²) in [5.74, 6) is -0.391. The maximum atomic E-state index is 14.0. The van der Waals surface area contributed by atoms with Gasteiger partial charge in [0.15, 0.2) is 0 Å². The van der Waals surface area contributed by atoms with Crippen molar-refractivity contribution in [2.45, 2.75) is 4.87 Å². The minimum atomic E-state index is -1.15. The summed E-state index contributed by atoms with van der Waals surface area (Å²) in [5, 5.41) is 1.26. The van der Waals surface area contributed by atoms with Gasteiger partial charge in [-0.3, -0.25) is 9.36 Å². The van der Waals surface area contributed by atoms with Crippen LogP contribution in [0.1, 0.15) is 16.8 Å². The number of pyridine rings is 2. The van der Waals surface area contributed by atoms with Crippen LogP contribution in [-0.2, 0) is 19.0 Å². The van der Waals surface area contributed by atoms with Gasteiger partial charge in [-0.2, -0.15) is 0 Å². The molecule has 0 saturated heterocycles. The Morgan fingerprint density at radius 2 is 1.74 bits per heavy atom. The largest absolute Gasteiger partial charge is 0.336 e.